The van der Waals surface area contributed by atoms with Crippen LogP contribution in [0.5, 0.6) is 0 Å². The lowest BCUT2D eigenvalue weighted by molar-refractivity contribution is -0.140. The van der Waals surface area contributed by atoms with E-state index in [1.165, 1.54) is 16.4 Å². The average Bonchev–Trinajstić information content (AvgIpc) is 3.02. The maximum atomic E-state index is 12.8. The van der Waals surface area contributed by atoms with E-state index in [0.29, 0.717) is 10.8 Å². The van der Waals surface area contributed by atoms with Crippen molar-refractivity contribution in [1.29, 1.82) is 0 Å². The van der Waals surface area contributed by atoms with Gasteiger partial charge in [-0.3, -0.25) is 4.79 Å². The van der Waals surface area contributed by atoms with Crippen LogP contribution in [0, 0.1) is 5.92 Å². The summed E-state index contributed by atoms with van der Waals surface area (Å²) >= 11 is 6.81. The molecule has 3 unspecified atom stereocenters. The molecule has 8 heteroatoms. The summed E-state index contributed by atoms with van der Waals surface area (Å²) in [5, 5.41) is 9.42. The highest BCUT2D eigenvalue weighted by molar-refractivity contribution is 7.91. The highest BCUT2D eigenvalue weighted by Gasteiger charge is 2.51. The van der Waals surface area contributed by atoms with Gasteiger partial charge < -0.3 is 5.11 Å². The summed E-state index contributed by atoms with van der Waals surface area (Å²) in [5.74, 6) is -0.902. The molecule has 5 nitrogen and oxygen atoms in total. The van der Waals surface area contributed by atoms with Crippen molar-refractivity contribution >= 4 is 38.9 Å². The molecule has 3 atom stereocenters. The molecule has 0 radical (unpaired) electrons. The number of hydrogen-bond donors (Lipinski definition) is 1. The zero-order chi connectivity index (χ0) is 15.2. The maximum Gasteiger partial charge on any atom is 0.322 e. The third kappa shape index (κ3) is 2.60. The summed E-state index contributed by atoms with van der Waals surface area (Å²) < 4.78 is 27.4. The molecule has 2 heterocycles. The van der Waals surface area contributed by atoms with E-state index in [2.05, 4.69) is 0 Å². The van der Waals surface area contributed by atoms with Crippen LogP contribution in [0.25, 0.3) is 0 Å². The fraction of sp³-hybridized carbons (Fsp3) is 0.615. The highest BCUT2D eigenvalue weighted by Crippen LogP contribution is 2.43. The highest BCUT2D eigenvalue weighted by atomic mass is 35.5. The van der Waals surface area contributed by atoms with Crippen LogP contribution in [0.1, 0.15) is 32.1 Å². The summed E-state index contributed by atoms with van der Waals surface area (Å²) in [5.41, 5.74) is 0. The van der Waals surface area contributed by atoms with Crippen molar-refractivity contribution < 1.29 is 18.3 Å². The van der Waals surface area contributed by atoms with Gasteiger partial charge in [0.25, 0.3) is 10.0 Å². The molecule has 1 aliphatic heterocycles. The van der Waals surface area contributed by atoms with Crippen molar-refractivity contribution in [2.24, 2.45) is 5.92 Å². The third-order valence-corrected chi connectivity index (χ3v) is 8.03. The van der Waals surface area contributed by atoms with Gasteiger partial charge in [0.2, 0.25) is 0 Å². The molecule has 1 saturated carbocycles. The van der Waals surface area contributed by atoms with Crippen LogP contribution in [0.4, 0.5) is 0 Å². The van der Waals surface area contributed by atoms with Gasteiger partial charge >= 0.3 is 5.97 Å². The molecular weight excluding hydrogens is 334 g/mol. The van der Waals surface area contributed by atoms with Crippen molar-refractivity contribution in [2.45, 2.75) is 48.4 Å². The number of carbonyl (C=O) groups is 1. The Hall–Kier alpha value is -0.630. The lowest BCUT2D eigenvalue weighted by atomic mass is 9.85. The molecule has 0 aromatic carbocycles. The zero-order valence-corrected chi connectivity index (χ0v) is 13.6. The quantitative estimate of drug-likeness (QED) is 0.910. The molecule has 0 spiro atoms. The lowest BCUT2D eigenvalue weighted by Gasteiger charge is -2.31. The van der Waals surface area contributed by atoms with Crippen LogP contribution in [-0.2, 0) is 14.8 Å². The first-order valence-corrected chi connectivity index (χ1v) is 9.56. The number of aliphatic carboxylic acids is 1. The van der Waals surface area contributed by atoms with Gasteiger partial charge in [0, 0.05) is 6.04 Å². The molecule has 1 aromatic rings. The van der Waals surface area contributed by atoms with E-state index in [9.17, 15) is 18.3 Å². The molecule has 116 valence electrons. The number of hydrogen-bond acceptors (Lipinski definition) is 4. The molecule has 21 heavy (non-hydrogen) atoms. The fourth-order valence-corrected chi connectivity index (χ4v) is 6.97. The van der Waals surface area contributed by atoms with Crippen molar-refractivity contribution in [1.82, 2.24) is 4.31 Å². The second-order valence-electron chi connectivity index (χ2n) is 5.60. The molecular formula is C13H16ClNO4S2. The van der Waals surface area contributed by atoms with Gasteiger partial charge in [-0.05, 0) is 37.3 Å². The van der Waals surface area contributed by atoms with Crippen LogP contribution in [-0.4, -0.2) is 35.9 Å². The molecule has 1 saturated heterocycles. The van der Waals surface area contributed by atoms with Gasteiger partial charge in [0.1, 0.15) is 10.3 Å². The number of halogens is 1. The molecule has 2 aliphatic rings. The normalized spacial score (nSPS) is 30.2. The Morgan fingerprint density at radius 3 is 2.67 bits per heavy atom. The van der Waals surface area contributed by atoms with Gasteiger partial charge in [0.15, 0.2) is 0 Å². The SMILES string of the molecule is O=C(O)C1CC2CCCCC2N1S(=O)(=O)c1ccc(Cl)s1. The Labute approximate surface area is 132 Å². The summed E-state index contributed by atoms with van der Waals surface area (Å²) in [7, 11) is -3.80. The predicted molar refractivity (Wildman–Crippen MR) is 80.1 cm³/mol. The van der Waals surface area contributed by atoms with Crippen LogP contribution < -0.4 is 0 Å². The Kier molecular flexibility index (Phi) is 4.02. The summed E-state index contributed by atoms with van der Waals surface area (Å²) in [6.07, 6.45) is 4.06. The smallest absolute Gasteiger partial charge is 0.322 e. The van der Waals surface area contributed by atoms with Gasteiger partial charge in [-0.15, -0.1) is 11.3 Å². The van der Waals surface area contributed by atoms with E-state index < -0.39 is 22.0 Å². The number of fused-ring (bicyclic) bond motifs is 1. The number of rotatable bonds is 3. The van der Waals surface area contributed by atoms with Crippen molar-refractivity contribution in [2.75, 3.05) is 0 Å². The number of carboxylic acids is 1. The number of nitrogens with zero attached hydrogens (tertiary/aromatic N) is 1. The molecule has 1 aromatic heterocycles. The van der Waals surface area contributed by atoms with Gasteiger partial charge in [-0.25, -0.2) is 8.42 Å². The second kappa shape index (κ2) is 5.53. The number of carboxylic acid groups (broad SMARTS) is 1. The largest absolute Gasteiger partial charge is 0.480 e. The van der Waals surface area contributed by atoms with E-state index in [1.807, 2.05) is 0 Å². The molecule has 0 bridgehead atoms. The first-order valence-electron chi connectivity index (χ1n) is 6.93. The standard InChI is InChI=1S/C13H16ClNO4S2/c14-11-5-6-12(20-11)21(18,19)15-9-4-2-1-3-8(9)7-10(15)13(16)17/h5-6,8-10H,1-4,7H2,(H,16,17). The van der Waals surface area contributed by atoms with Crippen LogP contribution >= 0.6 is 22.9 Å². The minimum Gasteiger partial charge on any atom is -0.480 e. The Balaban J connectivity index is 2.02. The molecule has 0 amide bonds. The van der Waals surface area contributed by atoms with Gasteiger partial charge in [-0.1, -0.05) is 24.4 Å². The Morgan fingerprint density at radius 2 is 2.05 bits per heavy atom. The van der Waals surface area contributed by atoms with Crippen LogP contribution in [0.15, 0.2) is 16.3 Å². The first-order chi connectivity index (χ1) is 9.91. The van der Waals surface area contributed by atoms with E-state index in [1.54, 1.807) is 0 Å². The predicted octanol–water partition coefficient (Wildman–Crippen LogP) is 2.81. The van der Waals surface area contributed by atoms with E-state index in [0.717, 1.165) is 37.0 Å². The van der Waals surface area contributed by atoms with E-state index in [4.69, 9.17) is 11.6 Å². The number of sulfonamides is 1. The lowest BCUT2D eigenvalue weighted by Crippen LogP contribution is -2.45. The van der Waals surface area contributed by atoms with E-state index >= 15 is 0 Å². The summed E-state index contributed by atoms with van der Waals surface area (Å²) in [6.45, 7) is 0. The average molecular weight is 350 g/mol. The fourth-order valence-electron chi connectivity index (χ4n) is 3.52. The summed E-state index contributed by atoms with van der Waals surface area (Å²) in [6, 6.07) is 1.84. The molecule has 2 fully saturated rings. The first kappa shape index (κ1) is 15.3. The molecule has 1 N–H and O–H groups in total. The minimum absolute atomic E-state index is 0.130. The molecule has 1 aliphatic carbocycles. The zero-order valence-electron chi connectivity index (χ0n) is 11.2. The topological polar surface area (TPSA) is 74.7 Å². The Bertz CT molecular complexity index is 657. The Morgan fingerprint density at radius 1 is 1.33 bits per heavy atom. The third-order valence-electron chi connectivity index (χ3n) is 4.39. The second-order valence-corrected chi connectivity index (χ2v) is 9.38. The van der Waals surface area contributed by atoms with Crippen LogP contribution in [0.2, 0.25) is 4.34 Å². The van der Waals surface area contributed by atoms with Gasteiger partial charge in [-0.2, -0.15) is 4.31 Å². The van der Waals surface area contributed by atoms with E-state index in [-0.39, 0.29) is 16.2 Å². The van der Waals surface area contributed by atoms with Gasteiger partial charge in [0.05, 0.1) is 4.34 Å². The monoisotopic (exact) mass is 349 g/mol. The summed E-state index contributed by atoms with van der Waals surface area (Å²) in [4.78, 5) is 11.5. The van der Waals surface area contributed by atoms with Crippen molar-refractivity contribution in [3.63, 3.8) is 0 Å². The molecule has 3 rings (SSSR count). The maximum absolute atomic E-state index is 12.8. The van der Waals surface area contributed by atoms with Crippen molar-refractivity contribution in [3.05, 3.63) is 16.5 Å². The van der Waals surface area contributed by atoms with Crippen molar-refractivity contribution in [3.8, 4) is 0 Å². The van der Waals surface area contributed by atoms with Crippen LogP contribution in [0.3, 0.4) is 0 Å². The minimum atomic E-state index is -3.80. The number of thiophene rings is 1.